The molecule has 3 atom stereocenters. The number of hydrogen-bond donors (Lipinski definition) is 3. The molecule has 0 spiro atoms. The molecule has 1 aliphatic heterocycles. The van der Waals surface area contributed by atoms with Gasteiger partial charge < -0.3 is 20.9 Å². The highest BCUT2D eigenvalue weighted by Crippen LogP contribution is 2.19. The second-order valence-electron chi connectivity index (χ2n) is 4.04. The quantitative estimate of drug-likeness (QED) is 0.552. The molecule has 3 unspecified atom stereocenters. The fourth-order valence-corrected chi connectivity index (χ4v) is 1.67. The summed E-state index contributed by atoms with van der Waals surface area (Å²) in [5.74, 6) is -1.23. The summed E-state index contributed by atoms with van der Waals surface area (Å²) in [6.07, 6.45) is 2.11. The summed E-state index contributed by atoms with van der Waals surface area (Å²) < 4.78 is 5.24. The number of carbonyl (C=O) groups is 2. The van der Waals surface area contributed by atoms with Crippen molar-refractivity contribution < 1.29 is 19.4 Å². The minimum absolute atomic E-state index is 0.240. The summed E-state index contributed by atoms with van der Waals surface area (Å²) in [5, 5.41) is 11.4. The Kier molecular flexibility index (Phi) is 5.11. The van der Waals surface area contributed by atoms with Crippen LogP contribution in [0.25, 0.3) is 0 Å². The Bertz CT molecular complexity index is 306. The molecule has 17 heavy (non-hydrogen) atoms. The number of carboxylic acids is 1. The number of nitrogens with two attached hydrogens (primary N) is 1. The Morgan fingerprint density at radius 2 is 2.29 bits per heavy atom. The normalized spacial score (nSPS) is 25.2. The van der Waals surface area contributed by atoms with E-state index >= 15 is 0 Å². The van der Waals surface area contributed by atoms with Crippen LogP contribution in [0.15, 0.2) is 12.7 Å². The molecule has 0 bridgehead atoms. The molecule has 0 aromatic rings. The molecule has 0 aliphatic carbocycles. The number of hydrogen-bond acceptors (Lipinski definition) is 4. The van der Waals surface area contributed by atoms with Crippen LogP contribution in [-0.4, -0.2) is 41.8 Å². The topological polar surface area (TPSA) is 102 Å². The third kappa shape index (κ3) is 4.16. The van der Waals surface area contributed by atoms with Crippen molar-refractivity contribution in [1.82, 2.24) is 5.32 Å². The van der Waals surface area contributed by atoms with Crippen molar-refractivity contribution in [2.75, 3.05) is 6.54 Å². The van der Waals surface area contributed by atoms with E-state index in [4.69, 9.17) is 15.6 Å². The predicted octanol–water partition coefficient (Wildman–Crippen LogP) is -0.362. The van der Waals surface area contributed by atoms with Gasteiger partial charge in [-0.3, -0.25) is 4.79 Å². The van der Waals surface area contributed by atoms with Gasteiger partial charge in [0.25, 0.3) is 0 Å². The van der Waals surface area contributed by atoms with E-state index in [0.717, 1.165) is 0 Å². The first kappa shape index (κ1) is 13.7. The lowest BCUT2D eigenvalue weighted by molar-refractivity contribution is -0.149. The Morgan fingerprint density at radius 1 is 1.59 bits per heavy atom. The lowest BCUT2D eigenvalue weighted by Crippen LogP contribution is -2.43. The second kappa shape index (κ2) is 6.36. The molecule has 0 aromatic heterocycles. The molecule has 1 aliphatic rings. The van der Waals surface area contributed by atoms with Gasteiger partial charge in [-0.1, -0.05) is 6.08 Å². The van der Waals surface area contributed by atoms with Crippen LogP contribution in [0.5, 0.6) is 0 Å². The van der Waals surface area contributed by atoms with Gasteiger partial charge in [-0.25, -0.2) is 4.79 Å². The summed E-state index contributed by atoms with van der Waals surface area (Å²) in [7, 11) is 0. The maximum atomic E-state index is 11.4. The number of carbonyl (C=O) groups excluding carboxylic acids is 1. The van der Waals surface area contributed by atoms with Crippen molar-refractivity contribution >= 4 is 11.9 Å². The number of carboxylic acid groups (broad SMARTS) is 1. The molecule has 4 N–H and O–H groups in total. The lowest BCUT2D eigenvalue weighted by atomic mass is 10.2. The smallest absolute Gasteiger partial charge is 0.332 e. The molecule has 1 fully saturated rings. The SMILES string of the molecule is C=CCC(N)C(=O)NCC1CCC(C(=O)O)O1. The maximum absolute atomic E-state index is 11.4. The van der Waals surface area contributed by atoms with Gasteiger partial charge in [0, 0.05) is 6.54 Å². The van der Waals surface area contributed by atoms with Gasteiger partial charge in [-0.05, 0) is 19.3 Å². The Morgan fingerprint density at radius 3 is 2.82 bits per heavy atom. The van der Waals surface area contributed by atoms with E-state index in [1.807, 2.05) is 0 Å². The number of nitrogens with one attached hydrogen (secondary N) is 1. The van der Waals surface area contributed by atoms with Gasteiger partial charge >= 0.3 is 5.97 Å². The van der Waals surface area contributed by atoms with Crippen LogP contribution in [0.4, 0.5) is 0 Å². The average molecular weight is 242 g/mol. The molecular weight excluding hydrogens is 224 g/mol. The third-order valence-electron chi connectivity index (χ3n) is 2.64. The van der Waals surface area contributed by atoms with E-state index in [-0.39, 0.29) is 12.0 Å². The van der Waals surface area contributed by atoms with Crippen molar-refractivity contribution in [1.29, 1.82) is 0 Å². The van der Waals surface area contributed by atoms with Crippen LogP contribution < -0.4 is 11.1 Å². The van der Waals surface area contributed by atoms with Gasteiger partial charge in [0.1, 0.15) is 0 Å². The van der Waals surface area contributed by atoms with Crippen LogP contribution in [0.2, 0.25) is 0 Å². The molecule has 6 nitrogen and oxygen atoms in total. The van der Waals surface area contributed by atoms with Gasteiger partial charge in [0.15, 0.2) is 6.10 Å². The van der Waals surface area contributed by atoms with Gasteiger partial charge in [-0.2, -0.15) is 0 Å². The highest BCUT2D eigenvalue weighted by atomic mass is 16.5. The Labute approximate surface area is 99.8 Å². The van der Waals surface area contributed by atoms with Gasteiger partial charge in [0.2, 0.25) is 5.91 Å². The van der Waals surface area contributed by atoms with Crippen molar-refractivity contribution in [3.05, 3.63) is 12.7 Å². The van der Waals surface area contributed by atoms with Crippen molar-refractivity contribution in [3.63, 3.8) is 0 Å². The molecular formula is C11H18N2O4. The number of aliphatic carboxylic acids is 1. The summed E-state index contributed by atoms with van der Waals surface area (Å²) in [6, 6.07) is -0.607. The van der Waals surface area contributed by atoms with Crippen LogP contribution in [-0.2, 0) is 14.3 Å². The fourth-order valence-electron chi connectivity index (χ4n) is 1.67. The largest absolute Gasteiger partial charge is 0.479 e. The van der Waals surface area contributed by atoms with Crippen molar-refractivity contribution in [2.45, 2.75) is 37.5 Å². The van der Waals surface area contributed by atoms with Gasteiger partial charge in [0.05, 0.1) is 12.1 Å². The van der Waals surface area contributed by atoms with Crippen molar-refractivity contribution in [2.24, 2.45) is 5.73 Å². The van der Waals surface area contributed by atoms with Crippen LogP contribution >= 0.6 is 0 Å². The minimum atomic E-state index is -0.956. The van der Waals surface area contributed by atoms with E-state index < -0.39 is 18.1 Å². The molecule has 96 valence electrons. The number of amides is 1. The van der Waals surface area contributed by atoms with E-state index in [2.05, 4.69) is 11.9 Å². The molecule has 0 aromatic carbocycles. The maximum Gasteiger partial charge on any atom is 0.332 e. The Balaban J connectivity index is 2.25. The highest BCUT2D eigenvalue weighted by molar-refractivity contribution is 5.81. The highest BCUT2D eigenvalue weighted by Gasteiger charge is 2.30. The number of rotatable bonds is 6. The fraction of sp³-hybridized carbons (Fsp3) is 0.636. The summed E-state index contributed by atoms with van der Waals surface area (Å²) in [4.78, 5) is 22.1. The van der Waals surface area contributed by atoms with Crippen LogP contribution in [0.3, 0.4) is 0 Å². The minimum Gasteiger partial charge on any atom is -0.479 e. The van der Waals surface area contributed by atoms with Crippen molar-refractivity contribution in [3.8, 4) is 0 Å². The first-order valence-corrected chi connectivity index (χ1v) is 5.57. The van der Waals surface area contributed by atoms with E-state index in [1.54, 1.807) is 6.08 Å². The molecule has 6 heteroatoms. The average Bonchev–Trinajstić information content (AvgIpc) is 2.75. The summed E-state index contributed by atoms with van der Waals surface area (Å²) in [5.41, 5.74) is 5.57. The standard InChI is InChI=1S/C11H18N2O4/c1-2-3-8(12)10(14)13-6-7-4-5-9(17-7)11(15)16/h2,7-9H,1,3-6,12H2,(H,13,14)(H,15,16). The van der Waals surface area contributed by atoms with Crippen LogP contribution in [0.1, 0.15) is 19.3 Å². The zero-order valence-corrected chi connectivity index (χ0v) is 9.59. The van der Waals surface area contributed by atoms with Crippen LogP contribution in [0, 0.1) is 0 Å². The molecule has 0 radical (unpaired) electrons. The first-order valence-electron chi connectivity index (χ1n) is 5.57. The lowest BCUT2D eigenvalue weighted by Gasteiger charge is -2.14. The van der Waals surface area contributed by atoms with Gasteiger partial charge in [-0.15, -0.1) is 6.58 Å². The molecule has 0 saturated carbocycles. The van der Waals surface area contributed by atoms with E-state index in [1.165, 1.54) is 0 Å². The number of ether oxygens (including phenoxy) is 1. The second-order valence-corrected chi connectivity index (χ2v) is 4.04. The Hall–Kier alpha value is -1.40. The zero-order valence-electron chi connectivity index (χ0n) is 9.59. The monoisotopic (exact) mass is 242 g/mol. The molecule has 1 rings (SSSR count). The summed E-state index contributed by atoms with van der Waals surface area (Å²) >= 11 is 0. The first-order chi connectivity index (χ1) is 8.04. The van der Waals surface area contributed by atoms with E-state index in [0.29, 0.717) is 25.8 Å². The molecule has 1 amide bonds. The predicted molar refractivity (Wildman–Crippen MR) is 61.3 cm³/mol. The molecule has 1 saturated heterocycles. The van der Waals surface area contributed by atoms with E-state index in [9.17, 15) is 9.59 Å². The zero-order chi connectivity index (χ0) is 12.8. The summed E-state index contributed by atoms with van der Waals surface area (Å²) in [6.45, 7) is 3.80. The third-order valence-corrected chi connectivity index (χ3v) is 2.64. The molecule has 1 heterocycles.